The predicted molar refractivity (Wildman–Crippen MR) is 106 cm³/mol. The summed E-state index contributed by atoms with van der Waals surface area (Å²) in [6.07, 6.45) is -6.77. The van der Waals surface area contributed by atoms with Crippen LogP contribution in [0.5, 0.6) is 0 Å². The maximum atomic E-state index is 13.6. The molecule has 1 atom stereocenters. The van der Waals surface area contributed by atoms with E-state index in [2.05, 4.69) is 5.32 Å². The molecule has 0 bridgehead atoms. The van der Waals surface area contributed by atoms with E-state index >= 15 is 0 Å². The summed E-state index contributed by atoms with van der Waals surface area (Å²) in [5.41, 5.74) is 0.0479. The molecule has 2 rings (SSSR count). The Morgan fingerprint density at radius 2 is 1.75 bits per heavy atom. The topological polar surface area (TPSA) is 84.9 Å². The Morgan fingerprint density at radius 1 is 1.06 bits per heavy atom. The summed E-state index contributed by atoms with van der Waals surface area (Å²) in [5, 5.41) is 11.7. The van der Waals surface area contributed by atoms with Crippen molar-refractivity contribution in [2.45, 2.75) is 51.8 Å². The highest BCUT2D eigenvalue weighted by atomic mass is 19.4. The van der Waals surface area contributed by atoms with E-state index in [-0.39, 0.29) is 24.6 Å². The van der Waals surface area contributed by atoms with Gasteiger partial charge in [-0.25, -0.2) is 14.0 Å². The van der Waals surface area contributed by atoms with Crippen LogP contribution in [-0.2, 0) is 40.0 Å². The molecule has 0 radical (unpaired) electrons. The molecule has 6 nitrogen and oxygen atoms in total. The van der Waals surface area contributed by atoms with Crippen LogP contribution in [0.15, 0.2) is 42.5 Å². The molecule has 10 heteroatoms. The summed E-state index contributed by atoms with van der Waals surface area (Å²) in [4.78, 5) is 23.2. The zero-order valence-electron chi connectivity index (χ0n) is 17.4. The average molecular weight is 457 g/mol. The molecule has 2 N–H and O–H groups in total. The number of aliphatic carboxylic acids is 1. The molecular weight excluding hydrogens is 434 g/mol. The van der Waals surface area contributed by atoms with E-state index in [0.29, 0.717) is 23.3 Å². The number of nitrogens with one attached hydrogen (secondary N) is 1. The van der Waals surface area contributed by atoms with Crippen LogP contribution in [-0.4, -0.2) is 29.4 Å². The first-order valence-electron chi connectivity index (χ1n) is 9.68. The van der Waals surface area contributed by atoms with Gasteiger partial charge in [0.05, 0.1) is 11.7 Å². The number of amides is 1. The van der Waals surface area contributed by atoms with Crippen molar-refractivity contribution in [1.29, 1.82) is 0 Å². The van der Waals surface area contributed by atoms with Gasteiger partial charge in [-0.3, -0.25) is 0 Å². The second-order valence-electron chi connectivity index (χ2n) is 7.28. The first-order valence-corrected chi connectivity index (χ1v) is 9.68. The third-order valence-electron chi connectivity index (χ3n) is 4.27. The van der Waals surface area contributed by atoms with Gasteiger partial charge in [0.15, 0.2) is 6.10 Å². The molecule has 0 heterocycles. The lowest BCUT2D eigenvalue weighted by molar-refractivity contribution is -0.153. The fraction of sp³-hybridized carbons (Fsp3) is 0.364. The Morgan fingerprint density at radius 3 is 2.34 bits per heavy atom. The van der Waals surface area contributed by atoms with Gasteiger partial charge in [0.1, 0.15) is 12.4 Å². The first-order chi connectivity index (χ1) is 15.0. The number of carboxylic acids is 1. The molecule has 32 heavy (non-hydrogen) atoms. The van der Waals surface area contributed by atoms with Gasteiger partial charge in [0.25, 0.3) is 0 Å². The predicted octanol–water partition coefficient (Wildman–Crippen LogP) is 4.69. The highest BCUT2D eigenvalue weighted by molar-refractivity contribution is 5.72. The number of hydrogen-bond acceptors (Lipinski definition) is 4. The summed E-state index contributed by atoms with van der Waals surface area (Å²) in [5.74, 6) is -2.53. The van der Waals surface area contributed by atoms with Crippen molar-refractivity contribution in [3.8, 4) is 0 Å². The number of alkyl carbamates (subject to hydrolysis) is 1. The Kier molecular flexibility index (Phi) is 8.59. The fourth-order valence-corrected chi connectivity index (χ4v) is 2.86. The molecule has 0 saturated carbocycles. The molecule has 2 aromatic rings. The third-order valence-corrected chi connectivity index (χ3v) is 4.27. The molecule has 0 aliphatic carbocycles. The molecule has 0 saturated heterocycles. The molecule has 174 valence electrons. The maximum absolute atomic E-state index is 13.6. The van der Waals surface area contributed by atoms with Gasteiger partial charge in [0.2, 0.25) is 0 Å². The summed E-state index contributed by atoms with van der Waals surface area (Å²) in [6, 6.07) is 9.15. The van der Waals surface area contributed by atoms with Crippen LogP contribution in [0, 0.1) is 5.82 Å². The van der Waals surface area contributed by atoms with Crippen LogP contribution >= 0.6 is 0 Å². The van der Waals surface area contributed by atoms with E-state index in [1.807, 2.05) is 0 Å². The monoisotopic (exact) mass is 457 g/mol. The first kappa shape index (κ1) is 25.1. The zero-order chi connectivity index (χ0) is 23.9. The number of carbonyl (C=O) groups is 2. The Bertz CT molecular complexity index is 946. The zero-order valence-corrected chi connectivity index (χ0v) is 17.4. The molecule has 0 aliphatic heterocycles. The average Bonchev–Trinajstić information content (AvgIpc) is 2.69. The van der Waals surface area contributed by atoms with Gasteiger partial charge in [-0.05, 0) is 42.7 Å². The maximum Gasteiger partial charge on any atom is 0.419 e. The van der Waals surface area contributed by atoms with Crippen LogP contribution < -0.4 is 5.32 Å². The standard InChI is InChI=1S/C22H23F4NO5/c1-13(2)32-19(20(28)29)10-14-4-3-5-15(8-14)11-27-21(30)31-12-16-6-7-17(18(23)9-16)22(24,25)26/h3-9,13,19H,10-12H2,1-2H3,(H,27,30)(H,28,29)/t19-/m0/s1. The van der Waals surface area contributed by atoms with Crippen molar-refractivity contribution in [3.63, 3.8) is 0 Å². The Balaban J connectivity index is 1.88. The highest BCUT2D eigenvalue weighted by Gasteiger charge is 2.33. The largest absolute Gasteiger partial charge is 0.479 e. The van der Waals surface area contributed by atoms with Gasteiger partial charge in [-0.1, -0.05) is 30.3 Å². The smallest absolute Gasteiger partial charge is 0.419 e. The van der Waals surface area contributed by atoms with E-state index in [9.17, 15) is 32.3 Å². The van der Waals surface area contributed by atoms with Crippen LogP contribution in [0.1, 0.15) is 36.1 Å². The second-order valence-corrected chi connectivity index (χ2v) is 7.28. The van der Waals surface area contributed by atoms with E-state index in [1.165, 1.54) is 0 Å². The van der Waals surface area contributed by atoms with Crippen molar-refractivity contribution in [1.82, 2.24) is 5.32 Å². The minimum atomic E-state index is -4.80. The molecule has 0 fully saturated rings. The van der Waals surface area contributed by atoms with Crippen LogP contribution in [0.4, 0.5) is 22.4 Å². The SMILES string of the molecule is CC(C)O[C@@H](Cc1cccc(CNC(=O)OCc2ccc(C(F)(F)F)c(F)c2)c1)C(=O)O. The van der Waals surface area contributed by atoms with E-state index in [1.54, 1.807) is 38.1 Å². The van der Waals surface area contributed by atoms with Crippen LogP contribution in [0.3, 0.4) is 0 Å². The third kappa shape index (κ3) is 7.84. The van der Waals surface area contributed by atoms with Gasteiger partial charge in [-0.2, -0.15) is 13.2 Å². The summed E-state index contributed by atoms with van der Waals surface area (Å²) in [7, 11) is 0. The Hall–Kier alpha value is -3.14. The van der Waals surface area contributed by atoms with Gasteiger partial charge in [-0.15, -0.1) is 0 Å². The van der Waals surface area contributed by atoms with E-state index in [4.69, 9.17) is 9.47 Å². The number of hydrogen-bond donors (Lipinski definition) is 2. The molecule has 0 aromatic heterocycles. The minimum absolute atomic E-state index is 0.0663. The van der Waals surface area contributed by atoms with Crippen LogP contribution in [0.2, 0.25) is 0 Å². The molecule has 0 aliphatic rings. The fourth-order valence-electron chi connectivity index (χ4n) is 2.86. The molecule has 0 spiro atoms. The van der Waals surface area contributed by atoms with Crippen molar-refractivity contribution in [3.05, 3.63) is 70.5 Å². The quantitative estimate of drug-likeness (QED) is 0.534. The number of carboxylic acid groups (broad SMARTS) is 1. The number of ether oxygens (including phenoxy) is 2. The normalized spacial score (nSPS) is 12.5. The molecular formula is C22H23F4NO5. The van der Waals surface area contributed by atoms with Crippen molar-refractivity contribution in [2.24, 2.45) is 0 Å². The van der Waals surface area contributed by atoms with Crippen LogP contribution in [0.25, 0.3) is 0 Å². The lowest BCUT2D eigenvalue weighted by Crippen LogP contribution is -2.29. The lowest BCUT2D eigenvalue weighted by Gasteiger charge is -2.17. The van der Waals surface area contributed by atoms with Gasteiger partial charge >= 0.3 is 18.2 Å². The molecule has 0 unspecified atom stereocenters. The minimum Gasteiger partial charge on any atom is -0.479 e. The number of halogens is 4. The van der Waals surface area contributed by atoms with Crippen molar-refractivity contribution >= 4 is 12.1 Å². The number of alkyl halides is 3. The summed E-state index contributed by atoms with van der Waals surface area (Å²) in [6.45, 7) is 3.13. The second kappa shape index (κ2) is 10.9. The van der Waals surface area contributed by atoms with E-state index < -0.39 is 42.3 Å². The lowest BCUT2D eigenvalue weighted by atomic mass is 10.0. The van der Waals surface area contributed by atoms with Crippen molar-refractivity contribution in [2.75, 3.05) is 0 Å². The Labute approximate surface area is 182 Å². The summed E-state index contributed by atoms with van der Waals surface area (Å²) >= 11 is 0. The number of benzene rings is 2. The van der Waals surface area contributed by atoms with Crippen molar-refractivity contribution < 1.29 is 41.7 Å². The number of carbonyl (C=O) groups excluding carboxylic acids is 1. The van der Waals surface area contributed by atoms with Gasteiger partial charge < -0.3 is 19.9 Å². The molecule has 2 aromatic carbocycles. The highest BCUT2D eigenvalue weighted by Crippen LogP contribution is 2.31. The number of rotatable bonds is 9. The summed E-state index contributed by atoms with van der Waals surface area (Å²) < 4.78 is 61.6. The van der Waals surface area contributed by atoms with E-state index in [0.717, 1.165) is 6.07 Å². The molecule has 1 amide bonds. The van der Waals surface area contributed by atoms with Gasteiger partial charge in [0, 0.05) is 13.0 Å².